The van der Waals surface area contributed by atoms with Gasteiger partial charge >= 0.3 is 23.9 Å². The first-order chi connectivity index (χ1) is 34.4. The molecule has 0 aliphatic carbocycles. The van der Waals surface area contributed by atoms with Crippen LogP contribution in [0.4, 0.5) is 0 Å². The summed E-state index contributed by atoms with van der Waals surface area (Å²) in [4.78, 5) is 153. The van der Waals surface area contributed by atoms with Gasteiger partial charge in [0, 0.05) is 26.1 Å². The predicted octanol–water partition coefficient (Wildman–Crippen LogP) is -7.81. The van der Waals surface area contributed by atoms with Gasteiger partial charge in [0.2, 0.25) is 41.4 Å². The van der Waals surface area contributed by atoms with Crippen LogP contribution in [-0.4, -0.2) is 183 Å². The number of nitrogens with one attached hydrogen (secondary N) is 7. The van der Waals surface area contributed by atoms with Crippen molar-refractivity contribution in [2.45, 2.75) is 146 Å². The summed E-state index contributed by atoms with van der Waals surface area (Å²) in [5.41, 5.74) is 38.2. The summed E-state index contributed by atoms with van der Waals surface area (Å²) in [5, 5.41) is 64.1. The molecule has 0 spiro atoms. The Morgan fingerprint density at radius 2 is 0.784 bits per heavy atom. The number of aliphatic hydroxyl groups excluding tert-OH is 1. The van der Waals surface area contributed by atoms with E-state index in [-0.39, 0.29) is 82.5 Å². The van der Waals surface area contributed by atoms with E-state index >= 15 is 0 Å². The van der Waals surface area contributed by atoms with Crippen LogP contribution in [0.5, 0.6) is 0 Å². The quantitative estimate of drug-likeness (QED) is 0.0156. The zero-order valence-corrected chi connectivity index (χ0v) is 41.3. The average Bonchev–Trinajstić information content (AvgIpc) is 3.28. The van der Waals surface area contributed by atoms with Crippen LogP contribution in [-0.2, 0) is 52.7 Å². The monoisotopic (exact) mass is 1060 g/mol. The molecule has 74 heavy (non-hydrogen) atoms. The summed E-state index contributed by atoms with van der Waals surface area (Å²) >= 11 is 0. The SMILES string of the molecule is CC(C)C[C@H](NC(=O)[C@H](CCCN=C(N)N)NC(=O)[C@H](CC(=O)O)NC(=O)[C@H](CCCN=C(N)N)NC(=O)[C@@H](NC(=O)[C@@H](N)CCCN=C(N)N)[C@@H](C)O)C(=O)N[C@@H](CC(=O)O)C(=O)N[C@@H](CCC(=O)O)C(=O)O. The highest BCUT2D eigenvalue weighted by atomic mass is 16.4. The van der Waals surface area contributed by atoms with E-state index < -0.39 is 151 Å². The molecule has 33 nitrogen and oxygen atoms in total. The van der Waals surface area contributed by atoms with Crippen molar-refractivity contribution in [1.29, 1.82) is 0 Å². The molecule has 0 aromatic rings. The summed E-state index contributed by atoms with van der Waals surface area (Å²) in [6.07, 6.45) is -5.62. The minimum absolute atomic E-state index is 0.0149. The lowest BCUT2D eigenvalue weighted by Gasteiger charge is -2.28. The number of hydrogen-bond donors (Lipinski definition) is 19. The highest BCUT2D eigenvalue weighted by molar-refractivity contribution is 5.99. The minimum atomic E-state index is -2.00. The molecule has 418 valence electrons. The Hall–Kier alpha value is -8.10. The number of nitrogens with two attached hydrogens (primary N) is 7. The molecule has 26 N–H and O–H groups in total. The molecule has 0 radical (unpaired) electrons. The van der Waals surface area contributed by atoms with Gasteiger partial charge in [-0.1, -0.05) is 13.8 Å². The number of rotatable bonds is 37. The Balaban J connectivity index is 6.85. The van der Waals surface area contributed by atoms with Crippen molar-refractivity contribution in [1.82, 2.24) is 37.2 Å². The number of carboxylic acid groups (broad SMARTS) is 4. The maximum atomic E-state index is 14.0. The molecule has 0 aromatic carbocycles. The van der Waals surface area contributed by atoms with E-state index in [2.05, 4.69) is 46.9 Å². The van der Waals surface area contributed by atoms with Gasteiger partial charge in [-0.25, -0.2) is 4.79 Å². The number of aliphatic imine (C=N–C) groups is 3. The zero-order chi connectivity index (χ0) is 56.8. The summed E-state index contributed by atoms with van der Waals surface area (Å²) in [6, 6.07) is -13.6. The van der Waals surface area contributed by atoms with E-state index in [1.807, 2.05) is 5.32 Å². The van der Waals surface area contributed by atoms with Crippen LogP contribution in [0, 0.1) is 5.92 Å². The first kappa shape index (κ1) is 65.9. The van der Waals surface area contributed by atoms with Gasteiger partial charge in [0.1, 0.15) is 42.3 Å². The first-order valence-corrected chi connectivity index (χ1v) is 23.1. The molecule has 0 bridgehead atoms. The Kier molecular flexibility index (Phi) is 30.5. The molecule has 7 amide bonds. The number of aliphatic carboxylic acids is 4. The largest absolute Gasteiger partial charge is 0.481 e. The number of carboxylic acids is 4. The predicted molar refractivity (Wildman–Crippen MR) is 261 cm³/mol. The number of hydrogen-bond acceptors (Lipinski definition) is 16. The molecule has 0 rings (SSSR count). The molecule has 0 unspecified atom stereocenters. The minimum Gasteiger partial charge on any atom is -0.481 e. The first-order valence-electron chi connectivity index (χ1n) is 23.1. The molecule has 0 saturated heterocycles. The molecule has 33 heteroatoms. The second kappa shape index (κ2) is 34.3. The number of amides is 7. The van der Waals surface area contributed by atoms with Gasteiger partial charge in [-0.2, -0.15) is 0 Å². The standard InChI is InChI=1S/C41H73N17O16/c1-18(2)15-24(34(69)57-26(17-29(64)65)36(71)54-23(38(73)74)10-11-27(60)61)55-32(67)21(8-5-13-50-40(45)46)52-35(70)25(16-28(62)63)56-33(68)22(9-6-14-51-41(47)48)53-37(72)30(19(3)59)58-31(66)20(42)7-4-12-49-39(43)44/h18-26,30,59H,4-17,42H2,1-3H3,(H,52,70)(H,53,72)(H,54,71)(H,55,67)(H,56,68)(H,57,69)(H,58,66)(H,60,61)(H,62,63)(H,64,65)(H,73,74)(H4,43,44,49)(H4,45,46,50)(H4,47,48,51)/t19-,20+,21+,22+,23+,24+,25+,26+,30+/m1/s1. The van der Waals surface area contributed by atoms with Crippen molar-refractivity contribution in [2.24, 2.45) is 61.0 Å². The van der Waals surface area contributed by atoms with Crippen molar-refractivity contribution in [3.05, 3.63) is 0 Å². The van der Waals surface area contributed by atoms with Crippen molar-refractivity contribution in [3.63, 3.8) is 0 Å². The third-order valence-electron chi connectivity index (χ3n) is 10.1. The smallest absolute Gasteiger partial charge is 0.326 e. The second-order valence-electron chi connectivity index (χ2n) is 17.1. The third-order valence-corrected chi connectivity index (χ3v) is 10.1. The fourth-order valence-electron chi connectivity index (χ4n) is 6.48. The molecule has 0 fully saturated rings. The number of aliphatic hydroxyl groups is 1. The average molecular weight is 1060 g/mol. The lowest BCUT2D eigenvalue weighted by Crippen LogP contribution is -2.61. The van der Waals surface area contributed by atoms with Crippen LogP contribution in [0.3, 0.4) is 0 Å². The summed E-state index contributed by atoms with van der Waals surface area (Å²) in [6.45, 7) is 4.31. The Morgan fingerprint density at radius 1 is 0.432 bits per heavy atom. The van der Waals surface area contributed by atoms with Crippen molar-refractivity contribution >= 4 is 83.1 Å². The third kappa shape index (κ3) is 28.7. The summed E-state index contributed by atoms with van der Waals surface area (Å²) in [5.74, 6) is -15.6. The maximum Gasteiger partial charge on any atom is 0.326 e. The van der Waals surface area contributed by atoms with E-state index in [1.54, 1.807) is 13.8 Å². The molecule has 0 saturated carbocycles. The molecular weight excluding hydrogens is 987 g/mol. The van der Waals surface area contributed by atoms with Gasteiger partial charge < -0.3 is 103 Å². The van der Waals surface area contributed by atoms with Crippen LogP contribution in [0.1, 0.15) is 91.4 Å². The van der Waals surface area contributed by atoms with Gasteiger partial charge in [-0.15, -0.1) is 0 Å². The Labute approximate surface area is 424 Å². The van der Waals surface area contributed by atoms with E-state index in [1.165, 1.54) is 0 Å². The van der Waals surface area contributed by atoms with E-state index in [0.29, 0.717) is 0 Å². The lowest BCUT2D eigenvalue weighted by atomic mass is 10.0. The van der Waals surface area contributed by atoms with Gasteiger partial charge in [0.15, 0.2) is 17.9 Å². The van der Waals surface area contributed by atoms with Crippen molar-refractivity contribution in [2.75, 3.05) is 19.6 Å². The number of carbonyl (C=O) groups excluding carboxylic acids is 7. The fourth-order valence-corrected chi connectivity index (χ4v) is 6.48. The van der Waals surface area contributed by atoms with E-state index in [4.69, 9.17) is 45.2 Å². The Morgan fingerprint density at radius 3 is 1.15 bits per heavy atom. The number of carbonyl (C=O) groups is 11. The highest BCUT2D eigenvalue weighted by Gasteiger charge is 2.36. The fraction of sp³-hybridized carbons (Fsp3) is 0.659. The van der Waals surface area contributed by atoms with Crippen LogP contribution >= 0.6 is 0 Å². The number of nitrogens with zero attached hydrogens (tertiary/aromatic N) is 3. The van der Waals surface area contributed by atoms with E-state index in [0.717, 1.165) is 6.92 Å². The summed E-state index contributed by atoms with van der Waals surface area (Å²) in [7, 11) is 0. The van der Waals surface area contributed by atoms with E-state index in [9.17, 15) is 73.2 Å². The molecule has 0 aromatic heterocycles. The second-order valence-corrected chi connectivity index (χ2v) is 17.1. The van der Waals surface area contributed by atoms with Gasteiger partial charge in [-0.3, -0.25) is 62.9 Å². The van der Waals surface area contributed by atoms with Gasteiger partial charge in [0.05, 0.1) is 25.0 Å². The molecule has 0 aliphatic heterocycles. The summed E-state index contributed by atoms with van der Waals surface area (Å²) < 4.78 is 0. The number of guanidine groups is 3. The lowest BCUT2D eigenvalue weighted by molar-refractivity contribution is -0.144. The highest BCUT2D eigenvalue weighted by Crippen LogP contribution is 2.11. The van der Waals surface area contributed by atoms with Crippen LogP contribution in [0.2, 0.25) is 0 Å². The van der Waals surface area contributed by atoms with Gasteiger partial charge in [-0.05, 0) is 64.2 Å². The van der Waals surface area contributed by atoms with Crippen LogP contribution in [0.15, 0.2) is 15.0 Å². The molecule has 0 heterocycles. The van der Waals surface area contributed by atoms with Crippen LogP contribution in [0.25, 0.3) is 0 Å². The Bertz CT molecular complexity index is 2040. The molecular formula is C41H73N17O16. The normalized spacial score (nSPS) is 14.5. The maximum absolute atomic E-state index is 14.0. The molecule has 9 atom stereocenters. The van der Waals surface area contributed by atoms with Crippen molar-refractivity contribution < 1.29 is 78.3 Å². The zero-order valence-electron chi connectivity index (χ0n) is 41.3. The van der Waals surface area contributed by atoms with Crippen LogP contribution < -0.4 is 77.4 Å². The van der Waals surface area contributed by atoms with Crippen molar-refractivity contribution in [3.8, 4) is 0 Å². The molecule has 0 aliphatic rings. The topological polar surface area (TPSA) is 592 Å². The van der Waals surface area contributed by atoms with Gasteiger partial charge in [0.25, 0.3) is 0 Å².